The molecule has 0 atom stereocenters. The van der Waals surface area contributed by atoms with Crippen molar-refractivity contribution in [2.75, 3.05) is 0 Å². The average Bonchev–Trinajstić information content (AvgIpc) is 3.13. The van der Waals surface area contributed by atoms with Crippen molar-refractivity contribution in [2.45, 2.75) is 37.1 Å². The van der Waals surface area contributed by atoms with Gasteiger partial charge in [-0.1, -0.05) is 61.4 Å². The molecule has 8 heteroatoms. The largest absolute Gasteiger partial charge is 0.339 e. The monoisotopic (exact) mass is 363 g/mol. The van der Waals surface area contributed by atoms with Gasteiger partial charge in [-0.25, -0.2) is 0 Å². The van der Waals surface area contributed by atoms with Crippen molar-refractivity contribution in [1.29, 1.82) is 0 Å². The lowest BCUT2D eigenvalue weighted by Gasteiger charge is -2.10. The van der Waals surface area contributed by atoms with Gasteiger partial charge in [-0.3, -0.25) is 0 Å². The van der Waals surface area contributed by atoms with Gasteiger partial charge in [-0.2, -0.15) is 4.98 Å². The molecule has 0 saturated heterocycles. The summed E-state index contributed by atoms with van der Waals surface area (Å²) in [6, 6.07) is 7.58. The van der Waals surface area contributed by atoms with E-state index in [1.165, 1.54) is 11.8 Å². The van der Waals surface area contributed by atoms with Crippen LogP contribution >= 0.6 is 23.4 Å². The zero-order valence-electron chi connectivity index (χ0n) is 13.9. The molecule has 0 spiro atoms. The van der Waals surface area contributed by atoms with E-state index >= 15 is 0 Å². The Balaban J connectivity index is 1.76. The fourth-order valence-electron chi connectivity index (χ4n) is 2.06. The standard InChI is InChI=1S/C16H18ClN5OS/c1-16(2,3)14-18-12(21-23-14)9-24-15-20-19-13(22(15)4)10-7-5-6-8-11(10)17/h5-8H,9H2,1-4H3. The van der Waals surface area contributed by atoms with Crippen LogP contribution in [-0.2, 0) is 18.2 Å². The van der Waals surface area contributed by atoms with E-state index in [9.17, 15) is 0 Å². The SMILES string of the molecule is Cn1c(SCc2noc(C(C)(C)C)n2)nnc1-c1ccccc1Cl. The Labute approximate surface area is 149 Å². The number of benzene rings is 1. The highest BCUT2D eigenvalue weighted by molar-refractivity contribution is 7.98. The van der Waals surface area contributed by atoms with Crippen LogP contribution in [0, 0.1) is 0 Å². The van der Waals surface area contributed by atoms with E-state index in [0.29, 0.717) is 22.5 Å². The summed E-state index contributed by atoms with van der Waals surface area (Å²) in [4.78, 5) is 4.43. The van der Waals surface area contributed by atoms with Crippen LogP contribution in [-0.4, -0.2) is 24.9 Å². The molecule has 6 nitrogen and oxygen atoms in total. The quantitative estimate of drug-likeness (QED) is 0.650. The second-order valence-electron chi connectivity index (χ2n) is 6.40. The Morgan fingerprint density at radius 2 is 1.96 bits per heavy atom. The zero-order valence-corrected chi connectivity index (χ0v) is 15.5. The maximum Gasteiger partial charge on any atom is 0.232 e. The van der Waals surface area contributed by atoms with Gasteiger partial charge >= 0.3 is 0 Å². The smallest absolute Gasteiger partial charge is 0.232 e. The molecule has 0 aliphatic heterocycles. The van der Waals surface area contributed by atoms with Crippen LogP contribution in [0.2, 0.25) is 5.02 Å². The van der Waals surface area contributed by atoms with Crippen LogP contribution in [0.1, 0.15) is 32.5 Å². The number of nitrogens with zero attached hydrogens (tertiary/aromatic N) is 5. The summed E-state index contributed by atoms with van der Waals surface area (Å²) >= 11 is 7.74. The highest BCUT2D eigenvalue weighted by Gasteiger charge is 2.22. The molecular weight excluding hydrogens is 346 g/mol. The third kappa shape index (κ3) is 3.47. The normalized spacial score (nSPS) is 11.9. The molecule has 0 fully saturated rings. The number of thioether (sulfide) groups is 1. The molecule has 3 aromatic rings. The van der Waals surface area contributed by atoms with Crippen molar-refractivity contribution in [2.24, 2.45) is 7.05 Å². The van der Waals surface area contributed by atoms with Gasteiger partial charge in [0.15, 0.2) is 16.8 Å². The van der Waals surface area contributed by atoms with E-state index in [1.54, 1.807) is 0 Å². The van der Waals surface area contributed by atoms with Gasteiger partial charge in [-0.15, -0.1) is 10.2 Å². The molecular formula is C16H18ClN5OS. The summed E-state index contributed by atoms with van der Waals surface area (Å²) in [5, 5.41) is 13.9. The summed E-state index contributed by atoms with van der Waals surface area (Å²) in [6.07, 6.45) is 0. The summed E-state index contributed by atoms with van der Waals surface area (Å²) in [7, 11) is 1.91. The second-order valence-corrected chi connectivity index (χ2v) is 7.75. The van der Waals surface area contributed by atoms with E-state index in [1.807, 2.05) is 56.7 Å². The Hall–Kier alpha value is -1.86. The van der Waals surface area contributed by atoms with E-state index in [0.717, 1.165) is 16.5 Å². The molecule has 126 valence electrons. The molecule has 0 N–H and O–H groups in total. The van der Waals surface area contributed by atoms with Crippen LogP contribution in [0.25, 0.3) is 11.4 Å². The lowest BCUT2D eigenvalue weighted by molar-refractivity contribution is 0.319. The number of hydrogen-bond acceptors (Lipinski definition) is 6. The number of rotatable bonds is 4. The number of halogens is 1. The molecule has 0 unspecified atom stereocenters. The van der Waals surface area contributed by atoms with E-state index < -0.39 is 0 Å². The molecule has 0 aliphatic carbocycles. The summed E-state index contributed by atoms with van der Waals surface area (Å²) < 4.78 is 7.22. The molecule has 0 saturated carbocycles. The minimum atomic E-state index is -0.155. The van der Waals surface area contributed by atoms with Crippen LogP contribution in [0.5, 0.6) is 0 Å². The van der Waals surface area contributed by atoms with Crippen molar-refractivity contribution in [1.82, 2.24) is 24.9 Å². The minimum Gasteiger partial charge on any atom is -0.339 e. The molecule has 3 rings (SSSR count). The second kappa shape index (κ2) is 6.57. The molecule has 0 radical (unpaired) electrons. The van der Waals surface area contributed by atoms with Gasteiger partial charge in [0.2, 0.25) is 5.89 Å². The summed E-state index contributed by atoms with van der Waals surface area (Å²) in [5.74, 6) is 2.57. The Bertz CT molecular complexity index is 852. The van der Waals surface area contributed by atoms with Gasteiger partial charge in [0.1, 0.15) is 0 Å². The van der Waals surface area contributed by atoms with Crippen LogP contribution in [0.3, 0.4) is 0 Å². The molecule has 2 aromatic heterocycles. The number of hydrogen-bond donors (Lipinski definition) is 0. The summed E-state index contributed by atoms with van der Waals surface area (Å²) in [6.45, 7) is 6.11. The fourth-order valence-corrected chi connectivity index (χ4v) is 3.04. The Kier molecular flexibility index (Phi) is 4.64. The van der Waals surface area contributed by atoms with E-state index in [2.05, 4.69) is 20.3 Å². The average molecular weight is 364 g/mol. The summed E-state index contributed by atoms with van der Waals surface area (Å²) in [5.41, 5.74) is 0.702. The lowest BCUT2D eigenvalue weighted by atomic mass is 9.97. The van der Waals surface area contributed by atoms with Gasteiger partial charge < -0.3 is 9.09 Å². The first-order valence-corrected chi connectivity index (χ1v) is 8.83. The van der Waals surface area contributed by atoms with Gasteiger partial charge in [0.25, 0.3) is 0 Å². The fraction of sp³-hybridized carbons (Fsp3) is 0.375. The predicted molar refractivity (Wildman–Crippen MR) is 94.0 cm³/mol. The minimum absolute atomic E-state index is 0.155. The molecule has 1 aromatic carbocycles. The van der Waals surface area contributed by atoms with Crippen molar-refractivity contribution in [3.8, 4) is 11.4 Å². The molecule has 24 heavy (non-hydrogen) atoms. The first kappa shape index (κ1) is 17.0. The Morgan fingerprint density at radius 1 is 1.21 bits per heavy atom. The van der Waals surface area contributed by atoms with Crippen LogP contribution in [0.4, 0.5) is 0 Å². The third-order valence-corrected chi connectivity index (χ3v) is 4.74. The number of aromatic nitrogens is 5. The van der Waals surface area contributed by atoms with E-state index in [-0.39, 0.29) is 5.41 Å². The third-order valence-electron chi connectivity index (χ3n) is 3.39. The van der Waals surface area contributed by atoms with Crippen molar-refractivity contribution in [3.05, 3.63) is 41.0 Å². The first-order chi connectivity index (χ1) is 11.4. The predicted octanol–water partition coefficient (Wildman–Crippen LogP) is 4.11. The highest BCUT2D eigenvalue weighted by Crippen LogP contribution is 2.29. The van der Waals surface area contributed by atoms with Crippen molar-refractivity contribution < 1.29 is 4.52 Å². The Morgan fingerprint density at radius 3 is 2.62 bits per heavy atom. The first-order valence-electron chi connectivity index (χ1n) is 7.46. The molecule has 0 amide bonds. The van der Waals surface area contributed by atoms with Gasteiger partial charge in [-0.05, 0) is 12.1 Å². The topological polar surface area (TPSA) is 69.6 Å². The van der Waals surface area contributed by atoms with Crippen LogP contribution < -0.4 is 0 Å². The molecule has 2 heterocycles. The lowest BCUT2D eigenvalue weighted by Crippen LogP contribution is -2.11. The van der Waals surface area contributed by atoms with Gasteiger partial charge in [0.05, 0.1) is 10.8 Å². The molecule has 0 bridgehead atoms. The van der Waals surface area contributed by atoms with Crippen molar-refractivity contribution in [3.63, 3.8) is 0 Å². The van der Waals surface area contributed by atoms with Crippen molar-refractivity contribution >= 4 is 23.4 Å². The van der Waals surface area contributed by atoms with Gasteiger partial charge in [0, 0.05) is 18.0 Å². The van der Waals surface area contributed by atoms with Crippen LogP contribution in [0.15, 0.2) is 33.9 Å². The maximum atomic E-state index is 6.24. The molecule has 0 aliphatic rings. The zero-order chi connectivity index (χ0) is 17.3. The van der Waals surface area contributed by atoms with E-state index in [4.69, 9.17) is 16.1 Å². The maximum absolute atomic E-state index is 6.24. The highest BCUT2D eigenvalue weighted by atomic mass is 35.5.